The van der Waals surface area contributed by atoms with Gasteiger partial charge < -0.3 is 14.6 Å². The van der Waals surface area contributed by atoms with Crippen molar-refractivity contribution in [3.63, 3.8) is 0 Å². The maximum atomic E-state index is 12.4. The van der Waals surface area contributed by atoms with Gasteiger partial charge in [-0.15, -0.1) is 0 Å². The van der Waals surface area contributed by atoms with E-state index < -0.39 is 0 Å². The standard InChI is InChI=1S/C14H19N3O2/c18-12-4-1-9-7-16(8-11(9)12)13-14(19)17(6-5-15-13)10-2-3-10/h5-6,9-12,18H,1-4,7-8H2. The normalized spacial score (nSPS) is 33.7. The molecule has 1 aliphatic heterocycles. The summed E-state index contributed by atoms with van der Waals surface area (Å²) in [5.41, 5.74) is 0.0412. The Morgan fingerprint density at radius 3 is 2.79 bits per heavy atom. The first-order valence-corrected chi connectivity index (χ1v) is 7.24. The Balaban J connectivity index is 1.63. The number of aromatic nitrogens is 2. The molecule has 3 atom stereocenters. The number of hydrogen-bond donors (Lipinski definition) is 1. The second kappa shape index (κ2) is 4.07. The minimum atomic E-state index is -0.190. The first kappa shape index (κ1) is 11.5. The predicted molar refractivity (Wildman–Crippen MR) is 71.2 cm³/mol. The van der Waals surface area contributed by atoms with Crippen molar-refractivity contribution in [2.24, 2.45) is 11.8 Å². The highest BCUT2D eigenvalue weighted by atomic mass is 16.3. The molecule has 0 bridgehead atoms. The third-order valence-electron chi connectivity index (χ3n) is 4.91. The zero-order valence-corrected chi connectivity index (χ0v) is 10.9. The summed E-state index contributed by atoms with van der Waals surface area (Å²) in [4.78, 5) is 18.8. The van der Waals surface area contributed by atoms with Crippen LogP contribution in [0.3, 0.4) is 0 Å². The van der Waals surface area contributed by atoms with Crippen LogP contribution in [0.5, 0.6) is 0 Å². The van der Waals surface area contributed by atoms with Gasteiger partial charge in [0.2, 0.25) is 0 Å². The second-order valence-electron chi connectivity index (χ2n) is 6.17. The molecule has 5 nitrogen and oxygen atoms in total. The van der Waals surface area contributed by atoms with E-state index in [0.717, 1.165) is 38.8 Å². The maximum Gasteiger partial charge on any atom is 0.293 e. The van der Waals surface area contributed by atoms with Gasteiger partial charge in [0.1, 0.15) is 0 Å². The van der Waals surface area contributed by atoms with Gasteiger partial charge in [-0.25, -0.2) is 4.98 Å². The number of nitrogens with zero attached hydrogens (tertiary/aromatic N) is 3. The molecule has 1 saturated heterocycles. The monoisotopic (exact) mass is 261 g/mol. The van der Waals surface area contributed by atoms with Crippen molar-refractivity contribution >= 4 is 5.82 Å². The number of rotatable bonds is 2. The van der Waals surface area contributed by atoms with Gasteiger partial charge in [-0.3, -0.25) is 4.79 Å². The van der Waals surface area contributed by atoms with E-state index in [4.69, 9.17) is 0 Å². The Morgan fingerprint density at radius 1 is 1.21 bits per heavy atom. The summed E-state index contributed by atoms with van der Waals surface area (Å²) in [5, 5.41) is 9.96. The van der Waals surface area contributed by atoms with Crippen LogP contribution in [0.4, 0.5) is 5.82 Å². The average molecular weight is 261 g/mol. The van der Waals surface area contributed by atoms with Crippen LogP contribution in [-0.4, -0.2) is 33.9 Å². The summed E-state index contributed by atoms with van der Waals surface area (Å²) in [7, 11) is 0. The van der Waals surface area contributed by atoms with E-state index in [9.17, 15) is 9.90 Å². The van der Waals surface area contributed by atoms with Crippen LogP contribution in [0.2, 0.25) is 0 Å². The van der Waals surface area contributed by atoms with Crippen LogP contribution in [0.25, 0.3) is 0 Å². The van der Waals surface area contributed by atoms with Crippen LogP contribution < -0.4 is 10.5 Å². The lowest BCUT2D eigenvalue weighted by molar-refractivity contribution is 0.133. The van der Waals surface area contributed by atoms with Gasteiger partial charge in [-0.1, -0.05) is 0 Å². The van der Waals surface area contributed by atoms with Crippen molar-refractivity contribution in [1.82, 2.24) is 9.55 Å². The molecule has 1 aromatic heterocycles. The number of aliphatic hydroxyl groups excluding tert-OH is 1. The molecule has 19 heavy (non-hydrogen) atoms. The third kappa shape index (κ3) is 1.79. The first-order valence-electron chi connectivity index (χ1n) is 7.24. The van der Waals surface area contributed by atoms with Gasteiger partial charge in [0.25, 0.3) is 5.56 Å². The van der Waals surface area contributed by atoms with Crippen molar-refractivity contribution in [3.8, 4) is 0 Å². The van der Waals surface area contributed by atoms with Crippen molar-refractivity contribution in [2.45, 2.75) is 37.8 Å². The van der Waals surface area contributed by atoms with Crippen LogP contribution in [0.15, 0.2) is 17.2 Å². The minimum absolute atomic E-state index is 0.0412. The molecule has 2 heterocycles. The molecule has 1 N–H and O–H groups in total. The van der Waals surface area contributed by atoms with Gasteiger partial charge in [-0.05, 0) is 31.6 Å². The van der Waals surface area contributed by atoms with E-state index in [1.807, 2.05) is 4.57 Å². The second-order valence-corrected chi connectivity index (χ2v) is 6.17. The number of aliphatic hydroxyl groups is 1. The molecule has 0 aromatic carbocycles. The Kier molecular flexibility index (Phi) is 2.45. The van der Waals surface area contributed by atoms with E-state index >= 15 is 0 Å². The van der Waals surface area contributed by atoms with E-state index in [0.29, 0.717) is 23.7 Å². The number of fused-ring (bicyclic) bond motifs is 1. The molecule has 0 radical (unpaired) electrons. The van der Waals surface area contributed by atoms with Gasteiger partial charge in [0, 0.05) is 37.4 Å². The first-order chi connectivity index (χ1) is 9.24. The summed E-state index contributed by atoms with van der Waals surface area (Å²) in [6.07, 6.45) is 7.54. The molecule has 4 rings (SSSR count). The minimum Gasteiger partial charge on any atom is -0.393 e. The highest BCUT2D eigenvalue weighted by Crippen LogP contribution is 2.39. The molecule has 2 saturated carbocycles. The summed E-state index contributed by atoms with van der Waals surface area (Å²) >= 11 is 0. The molecule has 2 aliphatic carbocycles. The van der Waals surface area contributed by atoms with E-state index in [1.54, 1.807) is 12.4 Å². The highest BCUT2D eigenvalue weighted by molar-refractivity contribution is 5.38. The average Bonchev–Trinajstić information content (AvgIpc) is 3.06. The molecule has 3 fully saturated rings. The Labute approximate surface area is 111 Å². The van der Waals surface area contributed by atoms with Crippen molar-refractivity contribution < 1.29 is 5.11 Å². The number of hydrogen-bond acceptors (Lipinski definition) is 4. The molecule has 3 aliphatic rings. The van der Waals surface area contributed by atoms with E-state index in [-0.39, 0.29) is 11.7 Å². The molecule has 0 spiro atoms. The zero-order valence-electron chi connectivity index (χ0n) is 10.9. The van der Waals surface area contributed by atoms with Gasteiger partial charge in [-0.2, -0.15) is 0 Å². The topological polar surface area (TPSA) is 58.4 Å². The van der Waals surface area contributed by atoms with Crippen LogP contribution in [0, 0.1) is 11.8 Å². The SMILES string of the molecule is O=c1c(N2CC3CCC(O)C3C2)nccn1C1CC1. The molecule has 0 amide bonds. The van der Waals surface area contributed by atoms with Crippen LogP contribution in [0.1, 0.15) is 31.7 Å². The fraction of sp³-hybridized carbons (Fsp3) is 0.714. The Hall–Kier alpha value is -1.36. The largest absolute Gasteiger partial charge is 0.393 e. The lowest BCUT2D eigenvalue weighted by Crippen LogP contribution is -2.33. The molecule has 1 aromatic rings. The van der Waals surface area contributed by atoms with Crippen LogP contribution >= 0.6 is 0 Å². The lowest BCUT2D eigenvalue weighted by Gasteiger charge is -2.19. The lowest BCUT2D eigenvalue weighted by atomic mass is 10.00. The van der Waals surface area contributed by atoms with E-state index in [1.165, 1.54) is 0 Å². The smallest absolute Gasteiger partial charge is 0.293 e. The summed E-state index contributed by atoms with van der Waals surface area (Å²) < 4.78 is 1.83. The van der Waals surface area contributed by atoms with Gasteiger partial charge in [0.15, 0.2) is 5.82 Å². The fourth-order valence-corrected chi connectivity index (χ4v) is 3.68. The van der Waals surface area contributed by atoms with Crippen molar-refractivity contribution in [3.05, 3.63) is 22.7 Å². The third-order valence-corrected chi connectivity index (χ3v) is 4.91. The summed E-state index contributed by atoms with van der Waals surface area (Å²) in [6, 6.07) is 0.391. The molecular formula is C14H19N3O2. The quantitative estimate of drug-likeness (QED) is 0.855. The fourth-order valence-electron chi connectivity index (χ4n) is 3.68. The predicted octanol–water partition coefficient (Wildman–Crippen LogP) is 0.785. The zero-order chi connectivity index (χ0) is 13.0. The molecular weight excluding hydrogens is 242 g/mol. The summed E-state index contributed by atoms with van der Waals surface area (Å²) in [6.45, 7) is 1.65. The Bertz CT molecular complexity index is 552. The van der Waals surface area contributed by atoms with Crippen molar-refractivity contribution in [1.29, 1.82) is 0 Å². The molecule has 102 valence electrons. The van der Waals surface area contributed by atoms with Gasteiger partial charge >= 0.3 is 0 Å². The summed E-state index contributed by atoms with van der Waals surface area (Å²) in [5.74, 6) is 1.44. The van der Waals surface area contributed by atoms with Crippen molar-refractivity contribution in [2.75, 3.05) is 18.0 Å². The van der Waals surface area contributed by atoms with Crippen LogP contribution in [-0.2, 0) is 0 Å². The molecule has 3 unspecified atom stereocenters. The van der Waals surface area contributed by atoms with Gasteiger partial charge in [0.05, 0.1) is 6.10 Å². The highest BCUT2D eigenvalue weighted by Gasteiger charge is 2.43. The Morgan fingerprint density at radius 2 is 2.05 bits per heavy atom. The number of anilines is 1. The molecule has 5 heteroatoms. The van der Waals surface area contributed by atoms with E-state index in [2.05, 4.69) is 9.88 Å². The maximum absolute atomic E-state index is 12.4.